The summed E-state index contributed by atoms with van der Waals surface area (Å²) in [4.78, 5) is 14.3. The molecule has 1 amide bonds. The van der Waals surface area contributed by atoms with Crippen LogP contribution in [0.15, 0.2) is 6.07 Å². The molecule has 2 fully saturated rings. The van der Waals surface area contributed by atoms with Gasteiger partial charge in [0.1, 0.15) is 11.5 Å². The summed E-state index contributed by atoms with van der Waals surface area (Å²) in [5, 5.41) is 6.50. The third-order valence-corrected chi connectivity index (χ3v) is 3.82. The zero-order valence-corrected chi connectivity index (χ0v) is 10.3. The van der Waals surface area contributed by atoms with Crippen LogP contribution in [0.25, 0.3) is 0 Å². The number of nitrogens with two attached hydrogens (primary N) is 1. The lowest BCUT2D eigenvalue weighted by Crippen LogP contribution is -2.54. The topological polar surface area (TPSA) is 84.2 Å². The number of rotatable bonds is 1. The second-order valence-electron chi connectivity index (χ2n) is 4.97. The quantitative estimate of drug-likeness (QED) is 0.771. The number of H-pyrrole nitrogens is 1. The van der Waals surface area contributed by atoms with Gasteiger partial charge in [-0.25, -0.2) is 0 Å². The molecule has 1 aromatic rings. The second kappa shape index (κ2) is 4.61. The van der Waals surface area contributed by atoms with Crippen LogP contribution in [0.5, 0.6) is 0 Å². The van der Waals surface area contributed by atoms with Crippen molar-refractivity contribution in [2.75, 3.05) is 18.9 Å². The maximum Gasteiger partial charge on any atom is 0.272 e. The maximum absolute atomic E-state index is 12.4. The summed E-state index contributed by atoms with van der Waals surface area (Å²) in [6.07, 6.45) is 4.65. The smallest absolute Gasteiger partial charge is 0.272 e. The predicted molar refractivity (Wildman–Crippen MR) is 66.0 cm³/mol. The van der Waals surface area contributed by atoms with Crippen molar-refractivity contribution in [1.82, 2.24) is 15.1 Å². The van der Waals surface area contributed by atoms with Crippen LogP contribution in [0.4, 0.5) is 5.82 Å². The Morgan fingerprint density at radius 1 is 1.50 bits per heavy atom. The molecule has 1 aliphatic carbocycles. The average Bonchev–Trinajstić information content (AvgIpc) is 2.84. The van der Waals surface area contributed by atoms with Crippen LogP contribution >= 0.6 is 0 Å². The third kappa shape index (κ3) is 1.96. The lowest BCUT2D eigenvalue weighted by atomic mass is 9.90. The van der Waals surface area contributed by atoms with Crippen molar-refractivity contribution < 1.29 is 9.53 Å². The molecule has 1 saturated carbocycles. The first-order valence-corrected chi connectivity index (χ1v) is 6.49. The lowest BCUT2D eigenvalue weighted by Gasteiger charge is -2.43. The summed E-state index contributed by atoms with van der Waals surface area (Å²) >= 11 is 0. The van der Waals surface area contributed by atoms with Gasteiger partial charge in [0.25, 0.3) is 5.91 Å². The highest BCUT2D eigenvalue weighted by atomic mass is 16.5. The molecule has 2 atom stereocenters. The van der Waals surface area contributed by atoms with Gasteiger partial charge in [-0.1, -0.05) is 12.8 Å². The molecule has 0 aromatic carbocycles. The second-order valence-corrected chi connectivity index (χ2v) is 4.97. The maximum atomic E-state index is 12.4. The Balaban J connectivity index is 1.79. The Morgan fingerprint density at radius 3 is 3.11 bits per heavy atom. The van der Waals surface area contributed by atoms with Gasteiger partial charge in [-0.15, -0.1) is 0 Å². The number of carbonyl (C=O) groups is 1. The van der Waals surface area contributed by atoms with E-state index in [1.807, 2.05) is 4.90 Å². The third-order valence-electron chi connectivity index (χ3n) is 3.82. The summed E-state index contributed by atoms with van der Waals surface area (Å²) in [5.74, 6) is 0.339. The Kier molecular flexibility index (Phi) is 2.95. The number of morpholine rings is 1. The number of hydrogen-bond donors (Lipinski definition) is 2. The van der Waals surface area contributed by atoms with Crippen LogP contribution in [0, 0.1) is 0 Å². The van der Waals surface area contributed by atoms with Crippen LogP contribution in [-0.4, -0.2) is 46.3 Å². The minimum atomic E-state index is -0.0144. The van der Waals surface area contributed by atoms with E-state index >= 15 is 0 Å². The van der Waals surface area contributed by atoms with Crippen molar-refractivity contribution >= 4 is 11.7 Å². The number of anilines is 1. The first kappa shape index (κ1) is 11.5. The van der Waals surface area contributed by atoms with Gasteiger partial charge >= 0.3 is 0 Å². The molecule has 0 spiro atoms. The normalized spacial score (nSPS) is 27.9. The molecule has 1 saturated heterocycles. The monoisotopic (exact) mass is 250 g/mol. The van der Waals surface area contributed by atoms with E-state index in [1.165, 1.54) is 12.8 Å². The van der Waals surface area contributed by atoms with Gasteiger partial charge in [0.15, 0.2) is 0 Å². The molecular formula is C12H18N4O2. The number of hydrogen-bond acceptors (Lipinski definition) is 4. The minimum absolute atomic E-state index is 0.0144. The number of fused-ring (bicyclic) bond motifs is 1. The van der Waals surface area contributed by atoms with E-state index in [1.54, 1.807) is 6.07 Å². The van der Waals surface area contributed by atoms with Crippen molar-refractivity contribution in [3.8, 4) is 0 Å². The van der Waals surface area contributed by atoms with Crippen LogP contribution < -0.4 is 5.73 Å². The molecular weight excluding hydrogens is 232 g/mol. The molecule has 2 aliphatic rings. The van der Waals surface area contributed by atoms with Gasteiger partial charge in [-0.2, -0.15) is 5.10 Å². The zero-order chi connectivity index (χ0) is 12.5. The molecule has 1 aliphatic heterocycles. The van der Waals surface area contributed by atoms with Crippen LogP contribution in [0.2, 0.25) is 0 Å². The number of amides is 1. The number of ether oxygens (including phenoxy) is 1. The van der Waals surface area contributed by atoms with Crippen LogP contribution in [0.3, 0.4) is 0 Å². The zero-order valence-electron chi connectivity index (χ0n) is 10.3. The van der Waals surface area contributed by atoms with E-state index in [2.05, 4.69) is 10.2 Å². The molecule has 98 valence electrons. The first-order chi connectivity index (χ1) is 8.75. The molecule has 1 aromatic heterocycles. The van der Waals surface area contributed by atoms with E-state index in [-0.39, 0.29) is 18.1 Å². The Bertz CT molecular complexity index is 443. The summed E-state index contributed by atoms with van der Waals surface area (Å²) < 4.78 is 5.76. The standard InChI is InChI=1S/C12H18N4O2/c13-11-7-8(14-15-11)12(17)16-5-6-18-10-4-2-1-3-9(10)16/h7,9-10H,1-6H2,(H3,13,14,15). The van der Waals surface area contributed by atoms with Crippen molar-refractivity contribution in [2.24, 2.45) is 0 Å². The summed E-state index contributed by atoms with van der Waals surface area (Å²) in [6, 6.07) is 1.81. The number of aromatic amines is 1. The van der Waals surface area contributed by atoms with E-state index < -0.39 is 0 Å². The van der Waals surface area contributed by atoms with Gasteiger partial charge < -0.3 is 15.4 Å². The molecule has 2 unspecified atom stereocenters. The molecule has 6 heteroatoms. The first-order valence-electron chi connectivity index (χ1n) is 6.49. The lowest BCUT2D eigenvalue weighted by molar-refractivity contribution is -0.0754. The van der Waals surface area contributed by atoms with Crippen LogP contribution in [-0.2, 0) is 4.74 Å². The minimum Gasteiger partial charge on any atom is -0.382 e. The average molecular weight is 250 g/mol. The summed E-state index contributed by atoms with van der Waals surface area (Å²) in [7, 11) is 0. The summed E-state index contributed by atoms with van der Waals surface area (Å²) in [5.41, 5.74) is 6.01. The van der Waals surface area contributed by atoms with Gasteiger partial charge in [0.05, 0.1) is 18.8 Å². The Labute approximate surface area is 105 Å². The van der Waals surface area contributed by atoms with E-state index in [4.69, 9.17) is 10.5 Å². The Hall–Kier alpha value is -1.56. The fourth-order valence-electron chi connectivity index (χ4n) is 2.95. The SMILES string of the molecule is Nc1cc(C(=O)N2CCOC3CCCCC32)[nH]n1. The molecule has 3 N–H and O–H groups in total. The predicted octanol–water partition coefficient (Wildman–Crippen LogP) is 0.775. The van der Waals surface area contributed by atoms with Crippen molar-refractivity contribution in [3.05, 3.63) is 11.8 Å². The van der Waals surface area contributed by atoms with Gasteiger partial charge in [0.2, 0.25) is 0 Å². The van der Waals surface area contributed by atoms with E-state index in [0.717, 1.165) is 12.8 Å². The Morgan fingerprint density at radius 2 is 2.33 bits per heavy atom. The number of nitrogens with zero attached hydrogens (tertiary/aromatic N) is 2. The fraction of sp³-hybridized carbons (Fsp3) is 0.667. The van der Waals surface area contributed by atoms with Gasteiger partial charge in [-0.3, -0.25) is 9.89 Å². The number of nitrogen functional groups attached to an aromatic ring is 1. The highest BCUT2D eigenvalue weighted by Crippen LogP contribution is 2.29. The molecule has 6 nitrogen and oxygen atoms in total. The molecule has 2 heterocycles. The molecule has 18 heavy (non-hydrogen) atoms. The molecule has 0 bridgehead atoms. The van der Waals surface area contributed by atoms with E-state index in [9.17, 15) is 4.79 Å². The number of nitrogens with one attached hydrogen (secondary N) is 1. The van der Waals surface area contributed by atoms with Crippen molar-refractivity contribution in [1.29, 1.82) is 0 Å². The molecule has 0 radical (unpaired) electrons. The van der Waals surface area contributed by atoms with Gasteiger partial charge in [0, 0.05) is 12.6 Å². The van der Waals surface area contributed by atoms with E-state index in [0.29, 0.717) is 24.7 Å². The van der Waals surface area contributed by atoms with Crippen molar-refractivity contribution in [2.45, 2.75) is 37.8 Å². The van der Waals surface area contributed by atoms with Crippen LogP contribution in [0.1, 0.15) is 36.2 Å². The molecule has 3 rings (SSSR count). The largest absolute Gasteiger partial charge is 0.382 e. The number of carbonyl (C=O) groups excluding carboxylic acids is 1. The van der Waals surface area contributed by atoms with Crippen molar-refractivity contribution in [3.63, 3.8) is 0 Å². The number of aromatic nitrogens is 2. The highest BCUT2D eigenvalue weighted by Gasteiger charge is 2.37. The fourth-order valence-corrected chi connectivity index (χ4v) is 2.95. The van der Waals surface area contributed by atoms with Gasteiger partial charge in [-0.05, 0) is 12.8 Å². The highest BCUT2D eigenvalue weighted by molar-refractivity contribution is 5.93. The summed E-state index contributed by atoms with van der Waals surface area (Å²) in [6.45, 7) is 1.27.